The molecule has 4 nitrogen and oxygen atoms in total. The van der Waals surface area contributed by atoms with Crippen LogP contribution < -0.4 is 10.2 Å². The van der Waals surface area contributed by atoms with Gasteiger partial charge in [-0.1, -0.05) is 13.8 Å². The SMILES string of the molecule is CC(C)C(=O)NC1CCCN(c2c(F)cc(C#N)cc2F)C1. The molecule has 0 bridgehead atoms. The van der Waals surface area contributed by atoms with Gasteiger partial charge >= 0.3 is 0 Å². The molecule has 1 fully saturated rings. The van der Waals surface area contributed by atoms with Gasteiger partial charge < -0.3 is 10.2 Å². The number of amides is 1. The van der Waals surface area contributed by atoms with Gasteiger partial charge in [0, 0.05) is 25.0 Å². The molecule has 1 unspecified atom stereocenters. The van der Waals surface area contributed by atoms with E-state index in [4.69, 9.17) is 5.26 Å². The van der Waals surface area contributed by atoms with E-state index >= 15 is 0 Å². The Bertz CT molecular complexity index is 587. The minimum atomic E-state index is -0.743. The van der Waals surface area contributed by atoms with Gasteiger partial charge in [-0.3, -0.25) is 4.79 Å². The number of halogens is 2. The number of nitrogens with zero attached hydrogens (tertiary/aromatic N) is 2. The lowest BCUT2D eigenvalue weighted by molar-refractivity contribution is -0.124. The molecule has 6 heteroatoms. The van der Waals surface area contributed by atoms with E-state index in [0.717, 1.165) is 25.0 Å². The zero-order chi connectivity index (χ0) is 16.3. The van der Waals surface area contributed by atoms with E-state index in [9.17, 15) is 13.6 Å². The molecule has 22 heavy (non-hydrogen) atoms. The van der Waals surface area contributed by atoms with Crippen molar-refractivity contribution >= 4 is 11.6 Å². The van der Waals surface area contributed by atoms with Crippen molar-refractivity contribution in [3.05, 3.63) is 29.3 Å². The Hall–Kier alpha value is -2.16. The first-order valence-electron chi connectivity index (χ1n) is 7.37. The molecular formula is C16H19F2N3O. The molecule has 0 aromatic heterocycles. The number of benzene rings is 1. The van der Waals surface area contributed by atoms with Gasteiger partial charge in [0.1, 0.15) is 5.69 Å². The number of nitriles is 1. The Balaban J connectivity index is 2.16. The smallest absolute Gasteiger partial charge is 0.222 e. The summed E-state index contributed by atoms with van der Waals surface area (Å²) in [5, 5.41) is 11.6. The van der Waals surface area contributed by atoms with E-state index < -0.39 is 11.6 Å². The predicted octanol–water partition coefficient (Wildman–Crippen LogP) is 2.58. The summed E-state index contributed by atoms with van der Waals surface area (Å²) in [6.07, 6.45) is 1.52. The van der Waals surface area contributed by atoms with Crippen molar-refractivity contribution in [1.29, 1.82) is 5.26 Å². The second-order valence-corrected chi connectivity index (χ2v) is 5.85. The van der Waals surface area contributed by atoms with Crippen molar-refractivity contribution in [2.24, 2.45) is 5.92 Å². The fourth-order valence-electron chi connectivity index (χ4n) is 2.60. The van der Waals surface area contributed by atoms with E-state index in [1.54, 1.807) is 24.8 Å². The van der Waals surface area contributed by atoms with Crippen LogP contribution in [0.4, 0.5) is 14.5 Å². The number of piperidine rings is 1. The van der Waals surface area contributed by atoms with E-state index in [1.165, 1.54) is 0 Å². The molecule has 118 valence electrons. The van der Waals surface area contributed by atoms with Gasteiger partial charge in [0.05, 0.1) is 11.6 Å². The molecule has 0 spiro atoms. The summed E-state index contributed by atoms with van der Waals surface area (Å²) >= 11 is 0. The van der Waals surface area contributed by atoms with Crippen LogP contribution >= 0.6 is 0 Å². The van der Waals surface area contributed by atoms with Gasteiger partial charge in [-0.15, -0.1) is 0 Å². The van der Waals surface area contributed by atoms with Crippen LogP contribution in [0.2, 0.25) is 0 Å². The number of hydrogen-bond donors (Lipinski definition) is 1. The van der Waals surface area contributed by atoms with E-state index in [2.05, 4.69) is 5.32 Å². The minimum Gasteiger partial charge on any atom is -0.365 e. The van der Waals surface area contributed by atoms with Gasteiger partial charge in [0.15, 0.2) is 11.6 Å². The Morgan fingerprint density at radius 1 is 1.41 bits per heavy atom. The highest BCUT2D eigenvalue weighted by atomic mass is 19.1. The zero-order valence-electron chi connectivity index (χ0n) is 12.7. The van der Waals surface area contributed by atoms with Crippen molar-refractivity contribution in [2.45, 2.75) is 32.7 Å². The summed E-state index contributed by atoms with van der Waals surface area (Å²) in [5.41, 5.74) is -0.164. The molecule has 1 aliphatic rings. The summed E-state index contributed by atoms with van der Waals surface area (Å²) in [4.78, 5) is 13.4. The van der Waals surface area contributed by atoms with Crippen LogP contribution in [-0.2, 0) is 4.79 Å². The molecule has 0 radical (unpaired) electrons. The Labute approximate surface area is 128 Å². The third-order valence-electron chi connectivity index (χ3n) is 3.75. The fraction of sp³-hybridized carbons (Fsp3) is 0.500. The summed E-state index contributed by atoms with van der Waals surface area (Å²) in [7, 11) is 0. The second kappa shape index (κ2) is 6.73. The molecule has 1 aliphatic heterocycles. The monoisotopic (exact) mass is 307 g/mol. The summed E-state index contributed by atoms with van der Waals surface area (Å²) in [6, 6.07) is 3.68. The molecule has 0 saturated carbocycles. The lowest BCUT2D eigenvalue weighted by Crippen LogP contribution is -2.49. The van der Waals surface area contributed by atoms with Crippen LogP contribution in [0, 0.1) is 28.9 Å². The highest BCUT2D eigenvalue weighted by molar-refractivity contribution is 5.78. The number of anilines is 1. The number of nitrogens with one attached hydrogen (secondary N) is 1. The maximum absolute atomic E-state index is 14.1. The fourth-order valence-corrected chi connectivity index (χ4v) is 2.60. The maximum Gasteiger partial charge on any atom is 0.222 e. The number of rotatable bonds is 3. The predicted molar refractivity (Wildman–Crippen MR) is 79.3 cm³/mol. The highest BCUT2D eigenvalue weighted by Gasteiger charge is 2.26. The first kappa shape index (κ1) is 16.2. The second-order valence-electron chi connectivity index (χ2n) is 5.85. The standard InChI is InChI=1S/C16H19F2N3O/c1-10(2)16(22)20-12-4-3-5-21(9-12)15-13(17)6-11(8-19)7-14(15)18/h6-7,10,12H,3-5,9H2,1-2H3,(H,20,22). The van der Waals surface area contributed by atoms with Crippen LogP contribution in [0.5, 0.6) is 0 Å². The third-order valence-corrected chi connectivity index (χ3v) is 3.75. The lowest BCUT2D eigenvalue weighted by atomic mass is 10.0. The van der Waals surface area contributed by atoms with Crippen molar-refractivity contribution in [3.63, 3.8) is 0 Å². The Morgan fingerprint density at radius 3 is 2.59 bits per heavy atom. The normalized spacial score (nSPS) is 18.2. The van der Waals surface area contributed by atoms with Crippen LogP contribution in [0.3, 0.4) is 0 Å². The first-order valence-corrected chi connectivity index (χ1v) is 7.37. The van der Waals surface area contributed by atoms with Gasteiger partial charge in [-0.05, 0) is 25.0 Å². The quantitative estimate of drug-likeness (QED) is 0.934. The summed E-state index contributed by atoms with van der Waals surface area (Å²) in [6.45, 7) is 4.48. The van der Waals surface area contributed by atoms with E-state index in [0.29, 0.717) is 13.1 Å². The summed E-state index contributed by atoms with van der Waals surface area (Å²) < 4.78 is 28.2. The van der Waals surface area contributed by atoms with Crippen molar-refractivity contribution in [1.82, 2.24) is 5.32 Å². The molecule has 0 aliphatic carbocycles. The molecular weight excluding hydrogens is 288 g/mol. The molecule has 1 atom stereocenters. The first-order chi connectivity index (χ1) is 10.4. The van der Waals surface area contributed by atoms with E-state index in [1.807, 2.05) is 0 Å². The Kier molecular flexibility index (Phi) is 4.96. The molecule has 2 rings (SSSR count). The number of hydrogen-bond acceptors (Lipinski definition) is 3. The van der Waals surface area contributed by atoms with E-state index in [-0.39, 0.29) is 29.1 Å². The Morgan fingerprint density at radius 2 is 2.05 bits per heavy atom. The topological polar surface area (TPSA) is 56.1 Å². The minimum absolute atomic E-state index is 0.0413. The summed E-state index contributed by atoms with van der Waals surface area (Å²) in [5.74, 6) is -1.67. The van der Waals surface area contributed by atoms with Gasteiger partial charge in [0.2, 0.25) is 5.91 Å². The average molecular weight is 307 g/mol. The van der Waals surface area contributed by atoms with Gasteiger partial charge in [-0.25, -0.2) is 8.78 Å². The lowest BCUT2D eigenvalue weighted by Gasteiger charge is -2.35. The number of carbonyl (C=O) groups is 1. The largest absolute Gasteiger partial charge is 0.365 e. The molecule has 1 amide bonds. The third kappa shape index (κ3) is 3.53. The molecule has 1 aromatic rings. The zero-order valence-corrected chi connectivity index (χ0v) is 12.7. The van der Waals surface area contributed by atoms with Crippen molar-refractivity contribution < 1.29 is 13.6 Å². The van der Waals surface area contributed by atoms with Crippen LogP contribution in [0.1, 0.15) is 32.3 Å². The van der Waals surface area contributed by atoms with Crippen LogP contribution in [-0.4, -0.2) is 25.0 Å². The maximum atomic E-state index is 14.1. The van der Waals surface area contributed by atoms with Crippen LogP contribution in [0.25, 0.3) is 0 Å². The molecule has 1 heterocycles. The highest BCUT2D eigenvalue weighted by Crippen LogP contribution is 2.27. The van der Waals surface area contributed by atoms with Gasteiger partial charge in [0.25, 0.3) is 0 Å². The molecule has 1 saturated heterocycles. The number of carbonyl (C=O) groups excluding carboxylic acids is 1. The van der Waals surface area contributed by atoms with Crippen molar-refractivity contribution in [3.8, 4) is 6.07 Å². The molecule has 1 aromatic carbocycles. The molecule has 1 N–H and O–H groups in total. The average Bonchev–Trinajstić information content (AvgIpc) is 2.46. The van der Waals surface area contributed by atoms with Crippen LogP contribution in [0.15, 0.2) is 12.1 Å². The van der Waals surface area contributed by atoms with Crippen molar-refractivity contribution in [2.75, 3.05) is 18.0 Å². The van der Waals surface area contributed by atoms with Gasteiger partial charge in [-0.2, -0.15) is 5.26 Å².